The molecule has 0 bridgehead atoms. The number of phenolic OH excluding ortho intramolecular Hbond substituents is 2. The first-order chi connectivity index (χ1) is 16.5. The zero-order chi connectivity index (χ0) is 24.2. The van der Waals surface area contributed by atoms with Crippen molar-refractivity contribution < 1.29 is 10.2 Å². The van der Waals surface area contributed by atoms with Crippen LogP contribution in [0.25, 0.3) is 21.8 Å². The van der Waals surface area contributed by atoms with E-state index in [0.717, 1.165) is 0 Å². The van der Waals surface area contributed by atoms with Crippen LogP contribution < -0.4 is 0 Å². The van der Waals surface area contributed by atoms with Crippen LogP contribution in [0.4, 0.5) is 0 Å². The number of aromatic nitrogens is 2. The maximum Gasteiger partial charge on any atom is 0.115 e. The third-order valence-corrected chi connectivity index (χ3v) is 5.05. The number of nitrogens with one attached hydrogen (secondary N) is 2. The second-order valence-electron chi connectivity index (χ2n) is 7.75. The molecule has 0 saturated heterocycles. The summed E-state index contributed by atoms with van der Waals surface area (Å²) in [6, 6.07) is 34.4. The van der Waals surface area contributed by atoms with E-state index >= 15 is 0 Å². The summed E-state index contributed by atoms with van der Waals surface area (Å²) in [5.74, 6) is 0.651. The Morgan fingerprint density at radius 2 is 1.12 bits per heavy atom. The molecule has 172 valence electrons. The molecule has 0 spiro atoms. The molecule has 0 amide bonds. The van der Waals surface area contributed by atoms with E-state index in [0.29, 0.717) is 11.5 Å². The number of rotatable bonds is 0. The average molecular weight is 451 g/mol. The topological polar surface area (TPSA) is 72.0 Å². The van der Waals surface area contributed by atoms with Crippen molar-refractivity contribution in [2.45, 2.75) is 13.8 Å². The normalized spacial score (nSPS) is 9.71. The minimum Gasteiger partial charge on any atom is -0.508 e. The number of aryl methyl sites for hydroxylation is 2. The summed E-state index contributed by atoms with van der Waals surface area (Å²) in [4.78, 5) is 6.31. The summed E-state index contributed by atoms with van der Waals surface area (Å²) < 4.78 is 0. The van der Waals surface area contributed by atoms with Crippen molar-refractivity contribution >= 4 is 21.8 Å². The van der Waals surface area contributed by atoms with E-state index in [1.807, 2.05) is 55.7 Å². The van der Waals surface area contributed by atoms with Crippen molar-refractivity contribution in [2.24, 2.45) is 0 Å². The molecule has 0 aliphatic heterocycles. The van der Waals surface area contributed by atoms with Crippen LogP contribution >= 0.6 is 0 Å². The summed E-state index contributed by atoms with van der Waals surface area (Å²) in [6.45, 7) is 4.10. The second-order valence-corrected chi connectivity index (χ2v) is 7.75. The fourth-order valence-electron chi connectivity index (χ4n) is 3.18. The summed E-state index contributed by atoms with van der Waals surface area (Å²) >= 11 is 0. The lowest BCUT2D eigenvalue weighted by Crippen LogP contribution is -1.66. The fraction of sp³-hybridized carbons (Fsp3) is 0.0667. The highest BCUT2D eigenvalue weighted by Gasteiger charge is 1.94. The van der Waals surface area contributed by atoms with Gasteiger partial charge in [0.25, 0.3) is 0 Å². The molecular formula is C30H30N2O2. The van der Waals surface area contributed by atoms with Crippen molar-refractivity contribution in [1.29, 1.82) is 0 Å². The standard InChI is InChI=1S/C9H9N.C8H7N.C7H8O.C6H6O/c1-7-6-10-9-5-3-2-4-8(7)9;1-2-4-8-7(3-1)5-6-9-8;1-6-2-4-7(8)5-3-6;7-6-4-2-1-3-5-6/h2-6,10H,1H3;1-6,9H;2-5,8H,1H3;1-5,7H. The molecule has 0 saturated carbocycles. The number of para-hydroxylation sites is 3. The average Bonchev–Trinajstić information content (AvgIpc) is 3.50. The van der Waals surface area contributed by atoms with Crippen LogP contribution in [0, 0.1) is 13.8 Å². The van der Waals surface area contributed by atoms with Gasteiger partial charge in [-0.3, -0.25) is 0 Å². The minimum absolute atomic E-state index is 0.322. The Morgan fingerprint density at radius 1 is 0.529 bits per heavy atom. The molecule has 2 heterocycles. The number of aromatic hydroxyl groups is 2. The number of aromatic amines is 2. The van der Waals surface area contributed by atoms with E-state index in [1.54, 1.807) is 36.4 Å². The van der Waals surface area contributed by atoms with Crippen molar-refractivity contribution in [3.05, 3.63) is 133 Å². The first kappa shape index (κ1) is 24.2. The molecule has 6 rings (SSSR count). The van der Waals surface area contributed by atoms with Crippen LogP contribution in [-0.2, 0) is 0 Å². The van der Waals surface area contributed by atoms with Crippen LogP contribution in [0.3, 0.4) is 0 Å². The van der Waals surface area contributed by atoms with Gasteiger partial charge in [-0.15, -0.1) is 0 Å². The molecule has 0 fully saturated rings. The maximum absolute atomic E-state index is 8.76. The zero-order valence-electron chi connectivity index (χ0n) is 19.4. The van der Waals surface area contributed by atoms with E-state index in [1.165, 1.54) is 32.9 Å². The molecule has 4 aromatic carbocycles. The summed E-state index contributed by atoms with van der Waals surface area (Å²) in [6.07, 6.45) is 3.98. The molecule has 4 nitrogen and oxygen atoms in total. The van der Waals surface area contributed by atoms with E-state index < -0.39 is 0 Å². The number of fused-ring (bicyclic) bond motifs is 2. The van der Waals surface area contributed by atoms with Crippen LogP contribution in [-0.4, -0.2) is 20.2 Å². The highest BCUT2D eigenvalue weighted by molar-refractivity contribution is 5.82. The molecule has 0 atom stereocenters. The van der Waals surface area contributed by atoms with Crippen LogP contribution in [0.2, 0.25) is 0 Å². The number of benzene rings is 4. The van der Waals surface area contributed by atoms with Crippen LogP contribution in [0.5, 0.6) is 11.5 Å². The monoisotopic (exact) mass is 450 g/mol. The predicted molar refractivity (Wildman–Crippen MR) is 142 cm³/mol. The van der Waals surface area contributed by atoms with Crippen molar-refractivity contribution in [1.82, 2.24) is 9.97 Å². The van der Waals surface area contributed by atoms with Gasteiger partial charge in [0.2, 0.25) is 0 Å². The van der Waals surface area contributed by atoms with Crippen molar-refractivity contribution in [2.75, 3.05) is 0 Å². The van der Waals surface area contributed by atoms with Gasteiger partial charge in [0.1, 0.15) is 11.5 Å². The number of hydrogen-bond acceptors (Lipinski definition) is 2. The summed E-state index contributed by atoms with van der Waals surface area (Å²) in [5.41, 5.74) is 4.91. The molecule has 0 aliphatic carbocycles. The molecule has 0 radical (unpaired) electrons. The molecule has 4 heteroatoms. The Bertz CT molecular complexity index is 1330. The highest BCUT2D eigenvalue weighted by atomic mass is 16.3. The molecular weight excluding hydrogens is 420 g/mol. The van der Waals surface area contributed by atoms with E-state index in [4.69, 9.17) is 10.2 Å². The van der Waals surface area contributed by atoms with Gasteiger partial charge in [0.15, 0.2) is 0 Å². The van der Waals surface area contributed by atoms with E-state index in [2.05, 4.69) is 53.3 Å². The lowest BCUT2D eigenvalue weighted by Gasteiger charge is -1.89. The SMILES string of the molecule is Cc1c[nH]c2ccccc12.Cc1ccc(O)cc1.Oc1ccccc1.c1ccc2[nH]ccc2c1. The van der Waals surface area contributed by atoms with Gasteiger partial charge < -0.3 is 20.2 Å². The Labute approximate surface area is 200 Å². The third-order valence-electron chi connectivity index (χ3n) is 5.05. The molecule has 6 aromatic rings. The third kappa shape index (κ3) is 7.61. The first-order valence-electron chi connectivity index (χ1n) is 11.1. The number of H-pyrrole nitrogens is 2. The van der Waals surface area contributed by atoms with Gasteiger partial charge in [-0.05, 0) is 67.3 Å². The van der Waals surface area contributed by atoms with Gasteiger partial charge in [-0.2, -0.15) is 0 Å². The van der Waals surface area contributed by atoms with Gasteiger partial charge >= 0.3 is 0 Å². The molecule has 0 unspecified atom stereocenters. The predicted octanol–water partition coefficient (Wildman–Crippen LogP) is 7.74. The Hall–Kier alpha value is -4.44. The lowest BCUT2D eigenvalue weighted by atomic mass is 10.2. The smallest absolute Gasteiger partial charge is 0.115 e. The largest absolute Gasteiger partial charge is 0.508 e. The highest BCUT2D eigenvalue weighted by Crippen LogP contribution is 2.15. The summed E-state index contributed by atoms with van der Waals surface area (Å²) in [7, 11) is 0. The zero-order valence-corrected chi connectivity index (χ0v) is 19.4. The van der Waals surface area contributed by atoms with E-state index in [-0.39, 0.29) is 0 Å². The van der Waals surface area contributed by atoms with Crippen molar-refractivity contribution in [3.8, 4) is 11.5 Å². The number of hydrogen-bond donors (Lipinski definition) is 4. The maximum atomic E-state index is 8.76. The van der Waals surface area contributed by atoms with Crippen molar-refractivity contribution in [3.63, 3.8) is 0 Å². The Kier molecular flexibility index (Phi) is 8.94. The fourth-order valence-corrected chi connectivity index (χ4v) is 3.18. The van der Waals surface area contributed by atoms with Gasteiger partial charge in [0, 0.05) is 28.8 Å². The molecule has 4 N–H and O–H groups in total. The Morgan fingerprint density at radius 3 is 1.71 bits per heavy atom. The number of phenols is 2. The van der Waals surface area contributed by atoms with Gasteiger partial charge in [0.05, 0.1) is 0 Å². The molecule has 0 aliphatic rings. The van der Waals surface area contributed by atoms with E-state index in [9.17, 15) is 0 Å². The Balaban J connectivity index is 0.000000128. The van der Waals surface area contributed by atoms with Gasteiger partial charge in [-0.25, -0.2) is 0 Å². The minimum atomic E-state index is 0.322. The molecule has 34 heavy (non-hydrogen) atoms. The summed E-state index contributed by atoms with van der Waals surface area (Å²) in [5, 5.41) is 20.0. The van der Waals surface area contributed by atoms with Crippen LogP contribution in [0.15, 0.2) is 122 Å². The first-order valence-corrected chi connectivity index (χ1v) is 11.1. The second kappa shape index (κ2) is 12.6. The van der Waals surface area contributed by atoms with Crippen LogP contribution in [0.1, 0.15) is 11.1 Å². The lowest BCUT2D eigenvalue weighted by molar-refractivity contribution is 0.474. The molecule has 2 aromatic heterocycles. The van der Waals surface area contributed by atoms with Gasteiger partial charge in [-0.1, -0.05) is 72.3 Å². The quantitative estimate of drug-likeness (QED) is 0.191.